The number of halogens is 1. The van der Waals surface area contributed by atoms with Crippen molar-refractivity contribution in [3.05, 3.63) is 40.1 Å². The number of benzene rings is 1. The van der Waals surface area contributed by atoms with E-state index in [0.717, 1.165) is 10.9 Å². The van der Waals surface area contributed by atoms with E-state index in [1.165, 1.54) is 10.4 Å². The molecule has 0 saturated carbocycles. The molecule has 0 bridgehead atoms. The summed E-state index contributed by atoms with van der Waals surface area (Å²) >= 11 is 3.42. The van der Waals surface area contributed by atoms with Crippen LogP contribution in [0.3, 0.4) is 0 Å². The van der Waals surface area contributed by atoms with Gasteiger partial charge in [0.15, 0.2) is 5.82 Å². The molecule has 0 saturated heterocycles. The first-order valence-corrected chi connectivity index (χ1v) is 6.61. The molecule has 18 heavy (non-hydrogen) atoms. The zero-order valence-corrected chi connectivity index (χ0v) is 11.7. The Morgan fingerprint density at radius 1 is 1.33 bits per heavy atom. The van der Waals surface area contributed by atoms with Gasteiger partial charge in [-0.05, 0) is 29.3 Å². The van der Waals surface area contributed by atoms with Gasteiger partial charge in [0.05, 0.1) is 13.2 Å². The standard InChI is InChI=1S/C12H15BrN4O/c1-9(8-10-2-4-11(13)5-3-10)12-14-16-17(15-12)6-7-18/h2-5,9,18H,6-8H2,1H3. The summed E-state index contributed by atoms with van der Waals surface area (Å²) < 4.78 is 1.07. The van der Waals surface area contributed by atoms with Crippen LogP contribution in [0.25, 0.3) is 0 Å². The molecule has 1 heterocycles. The van der Waals surface area contributed by atoms with Crippen LogP contribution in [0.4, 0.5) is 0 Å². The summed E-state index contributed by atoms with van der Waals surface area (Å²) in [6.07, 6.45) is 0.873. The number of hydrogen-bond acceptors (Lipinski definition) is 4. The van der Waals surface area contributed by atoms with E-state index in [0.29, 0.717) is 12.4 Å². The van der Waals surface area contributed by atoms with Crippen LogP contribution in [0.5, 0.6) is 0 Å². The minimum absolute atomic E-state index is 0.0247. The van der Waals surface area contributed by atoms with Crippen molar-refractivity contribution in [1.82, 2.24) is 20.2 Å². The number of rotatable bonds is 5. The van der Waals surface area contributed by atoms with Gasteiger partial charge in [0.25, 0.3) is 0 Å². The molecule has 0 aliphatic rings. The lowest BCUT2D eigenvalue weighted by Crippen LogP contribution is -2.07. The van der Waals surface area contributed by atoms with Gasteiger partial charge < -0.3 is 5.11 Å². The molecule has 1 aromatic carbocycles. The molecule has 5 nitrogen and oxygen atoms in total. The fraction of sp³-hybridized carbons (Fsp3) is 0.417. The fourth-order valence-corrected chi connectivity index (χ4v) is 1.97. The van der Waals surface area contributed by atoms with Crippen LogP contribution in [0.1, 0.15) is 24.2 Å². The van der Waals surface area contributed by atoms with Gasteiger partial charge >= 0.3 is 0 Å². The first-order chi connectivity index (χ1) is 8.69. The number of aliphatic hydroxyl groups excluding tert-OH is 1. The Morgan fingerprint density at radius 2 is 2.06 bits per heavy atom. The first kappa shape index (κ1) is 13.2. The summed E-state index contributed by atoms with van der Waals surface area (Å²) in [5.74, 6) is 0.921. The SMILES string of the molecule is CC(Cc1ccc(Br)cc1)c1nnn(CCO)n1. The van der Waals surface area contributed by atoms with Crippen LogP contribution in [0.2, 0.25) is 0 Å². The highest BCUT2D eigenvalue weighted by Crippen LogP contribution is 2.18. The van der Waals surface area contributed by atoms with Crippen molar-refractivity contribution in [2.75, 3.05) is 6.61 Å². The predicted octanol–water partition coefficient (Wildman–Crippen LogP) is 1.77. The van der Waals surface area contributed by atoms with Gasteiger partial charge in [-0.3, -0.25) is 0 Å². The maximum atomic E-state index is 8.80. The fourth-order valence-electron chi connectivity index (χ4n) is 1.70. The maximum Gasteiger partial charge on any atom is 0.177 e. The lowest BCUT2D eigenvalue weighted by Gasteiger charge is -2.06. The normalized spacial score (nSPS) is 12.6. The third-order valence-electron chi connectivity index (χ3n) is 2.66. The van der Waals surface area contributed by atoms with Crippen molar-refractivity contribution in [3.8, 4) is 0 Å². The third-order valence-corrected chi connectivity index (χ3v) is 3.19. The molecule has 0 radical (unpaired) electrons. The van der Waals surface area contributed by atoms with E-state index in [1.54, 1.807) is 0 Å². The van der Waals surface area contributed by atoms with Crippen molar-refractivity contribution in [2.45, 2.75) is 25.8 Å². The lowest BCUT2D eigenvalue weighted by atomic mass is 10.0. The van der Waals surface area contributed by atoms with Gasteiger partial charge in [-0.25, -0.2) is 0 Å². The van der Waals surface area contributed by atoms with Gasteiger partial charge in [-0.15, -0.1) is 10.2 Å². The van der Waals surface area contributed by atoms with E-state index < -0.39 is 0 Å². The van der Waals surface area contributed by atoms with Crippen molar-refractivity contribution < 1.29 is 5.11 Å². The molecule has 1 unspecified atom stereocenters. The second-order valence-corrected chi connectivity index (χ2v) is 5.11. The molecule has 0 aliphatic carbocycles. The largest absolute Gasteiger partial charge is 0.394 e. The zero-order valence-electron chi connectivity index (χ0n) is 10.1. The Kier molecular flexibility index (Phi) is 4.43. The molecule has 2 rings (SSSR count). The minimum atomic E-state index is 0.0247. The van der Waals surface area contributed by atoms with Crippen LogP contribution in [-0.4, -0.2) is 31.9 Å². The molecule has 0 aliphatic heterocycles. The van der Waals surface area contributed by atoms with E-state index >= 15 is 0 Å². The van der Waals surface area contributed by atoms with Gasteiger partial charge in [-0.1, -0.05) is 35.0 Å². The molecule has 0 amide bonds. The molecule has 1 N–H and O–H groups in total. The average molecular weight is 311 g/mol. The Balaban J connectivity index is 2.02. The van der Waals surface area contributed by atoms with E-state index in [4.69, 9.17) is 5.11 Å². The highest BCUT2D eigenvalue weighted by molar-refractivity contribution is 9.10. The smallest absolute Gasteiger partial charge is 0.177 e. The predicted molar refractivity (Wildman–Crippen MR) is 71.2 cm³/mol. The zero-order chi connectivity index (χ0) is 13.0. The summed E-state index contributed by atoms with van der Waals surface area (Å²) in [4.78, 5) is 1.42. The Labute approximate surface area is 114 Å². The molecule has 6 heteroatoms. The number of hydrogen-bond donors (Lipinski definition) is 1. The Bertz CT molecular complexity index is 497. The summed E-state index contributed by atoms with van der Waals surface area (Å²) in [6, 6.07) is 8.22. The molecule has 0 spiro atoms. The highest BCUT2D eigenvalue weighted by atomic mass is 79.9. The van der Waals surface area contributed by atoms with E-state index in [1.807, 2.05) is 12.1 Å². The quantitative estimate of drug-likeness (QED) is 0.914. The summed E-state index contributed by atoms with van der Waals surface area (Å²) in [7, 11) is 0. The van der Waals surface area contributed by atoms with Crippen LogP contribution in [0, 0.1) is 0 Å². The van der Waals surface area contributed by atoms with Crippen molar-refractivity contribution >= 4 is 15.9 Å². The van der Waals surface area contributed by atoms with Gasteiger partial charge in [-0.2, -0.15) is 4.80 Å². The Hall–Kier alpha value is -1.27. The maximum absolute atomic E-state index is 8.80. The molecule has 2 aromatic rings. The first-order valence-electron chi connectivity index (χ1n) is 5.82. The van der Waals surface area contributed by atoms with Crippen molar-refractivity contribution in [2.24, 2.45) is 0 Å². The summed E-state index contributed by atoms with van der Waals surface area (Å²) in [5.41, 5.74) is 1.24. The van der Waals surface area contributed by atoms with E-state index in [2.05, 4.69) is 50.4 Å². The summed E-state index contributed by atoms with van der Waals surface area (Å²) in [5, 5.41) is 20.9. The summed E-state index contributed by atoms with van der Waals surface area (Å²) in [6.45, 7) is 2.48. The Morgan fingerprint density at radius 3 is 2.72 bits per heavy atom. The van der Waals surface area contributed by atoms with Crippen molar-refractivity contribution in [3.63, 3.8) is 0 Å². The molecule has 1 atom stereocenters. The second-order valence-electron chi connectivity index (χ2n) is 4.20. The average Bonchev–Trinajstić information content (AvgIpc) is 2.81. The topological polar surface area (TPSA) is 63.8 Å². The van der Waals surface area contributed by atoms with Gasteiger partial charge in [0.2, 0.25) is 0 Å². The third kappa shape index (κ3) is 3.36. The monoisotopic (exact) mass is 310 g/mol. The van der Waals surface area contributed by atoms with Crippen molar-refractivity contribution in [1.29, 1.82) is 0 Å². The highest BCUT2D eigenvalue weighted by Gasteiger charge is 2.12. The molecular formula is C12H15BrN4O. The van der Waals surface area contributed by atoms with E-state index in [-0.39, 0.29) is 12.5 Å². The van der Waals surface area contributed by atoms with Crippen LogP contribution in [-0.2, 0) is 13.0 Å². The number of nitrogens with zero attached hydrogens (tertiary/aromatic N) is 4. The van der Waals surface area contributed by atoms with Crippen LogP contribution < -0.4 is 0 Å². The van der Waals surface area contributed by atoms with Gasteiger partial charge in [0.1, 0.15) is 0 Å². The molecule has 1 aromatic heterocycles. The lowest BCUT2D eigenvalue weighted by molar-refractivity contribution is 0.259. The van der Waals surface area contributed by atoms with E-state index in [9.17, 15) is 0 Å². The molecule has 0 fully saturated rings. The number of tetrazole rings is 1. The van der Waals surface area contributed by atoms with Gasteiger partial charge in [0, 0.05) is 10.4 Å². The molecule has 96 valence electrons. The van der Waals surface area contributed by atoms with Crippen LogP contribution >= 0.6 is 15.9 Å². The number of aliphatic hydroxyl groups is 1. The van der Waals surface area contributed by atoms with Crippen LogP contribution in [0.15, 0.2) is 28.7 Å². The molecular weight excluding hydrogens is 296 g/mol. The second kappa shape index (κ2) is 6.06. The minimum Gasteiger partial charge on any atom is -0.394 e. The number of aromatic nitrogens is 4.